The van der Waals surface area contributed by atoms with Gasteiger partial charge in [0.2, 0.25) is 0 Å². The van der Waals surface area contributed by atoms with Gasteiger partial charge in [0.15, 0.2) is 0 Å². The van der Waals surface area contributed by atoms with Crippen molar-refractivity contribution in [2.45, 2.75) is 13.0 Å². The minimum atomic E-state index is -0.972. The lowest BCUT2D eigenvalue weighted by Crippen LogP contribution is -1.98. The fraction of sp³-hybridized carbons (Fsp3) is 0.333. The van der Waals surface area contributed by atoms with Crippen molar-refractivity contribution >= 4 is 11.6 Å². The molecule has 0 saturated heterocycles. The number of ether oxygens (including phenoxy) is 2. The third kappa shape index (κ3) is 3.34. The molecule has 3 nitrogen and oxygen atoms in total. The van der Waals surface area contributed by atoms with Crippen molar-refractivity contribution in [1.82, 2.24) is 0 Å². The molecule has 0 aliphatic rings. The van der Waals surface area contributed by atoms with Gasteiger partial charge in [-0.25, -0.2) is 0 Å². The lowest BCUT2D eigenvalue weighted by atomic mass is 10.1. The van der Waals surface area contributed by atoms with E-state index in [1.165, 1.54) is 7.11 Å². The van der Waals surface area contributed by atoms with E-state index in [2.05, 4.69) is 12.0 Å². The highest BCUT2D eigenvalue weighted by atomic mass is 35.5. The van der Waals surface area contributed by atoms with Gasteiger partial charge in [0.05, 0.1) is 13.7 Å². The Balaban J connectivity index is 2.94. The fourth-order valence-corrected chi connectivity index (χ4v) is 1.35. The topological polar surface area (TPSA) is 38.7 Å². The van der Waals surface area contributed by atoms with E-state index >= 15 is 0 Å². The third-order valence-corrected chi connectivity index (χ3v) is 2.13. The molecule has 1 unspecified atom stereocenters. The molecule has 0 heterocycles. The second-order valence-electron chi connectivity index (χ2n) is 2.97. The van der Waals surface area contributed by atoms with Crippen LogP contribution in [0, 0.1) is 12.0 Å². The van der Waals surface area contributed by atoms with Gasteiger partial charge in [-0.15, -0.1) is 0 Å². The van der Waals surface area contributed by atoms with Gasteiger partial charge in [-0.3, -0.25) is 0 Å². The van der Waals surface area contributed by atoms with Crippen LogP contribution in [0.3, 0.4) is 0 Å². The molecule has 0 amide bonds. The summed E-state index contributed by atoms with van der Waals surface area (Å²) in [6, 6.07) is 4.99. The zero-order chi connectivity index (χ0) is 12.0. The van der Waals surface area contributed by atoms with Crippen molar-refractivity contribution < 1.29 is 14.6 Å². The van der Waals surface area contributed by atoms with Crippen LogP contribution in [0.15, 0.2) is 18.2 Å². The van der Waals surface area contributed by atoms with E-state index in [9.17, 15) is 5.11 Å². The summed E-state index contributed by atoms with van der Waals surface area (Å²) in [6.07, 6.45) is 1.43. The third-order valence-electron chi connectivity index (χ3n) is 1.90. The van der Waals surface area contributed by atoms with E-state index in [1.54, 1.807) is 18.2 Å². The van der Waals surface area contributed by atoms with E-state index < -0.39 is 6.10 Å². The highest BCUT2D eigenvalue weighted by Gasteiger charge is 2.11. The maximum absolute atomic E-state index is 9.79. The molecule has 0 aliphatic heterocycles. The Bertz CT molecular complexity index is 406. The Labute approximate surface area is 99.9 Å². The average Bonchev–Trinajstić information content (AvgIpc) is 2.29. The average molecular weight is 241 g/mol. The lowest BCUT2D eigenvalue weighted by Gasteiger charge is -2.10. The fourth-order valence-electron chi connectivity index (χ4n) is 1.17. The Morgan fingerprint density at radius 3 is 2.88 bits per heavy atom. The zero-order valence-corrected chi connectivity index (χ0v) is 9.91. The molecular formula is C12H13ClO3. The highest BCUT2D eigenvalue weighted by molar-refractivity contribution is 6.30. The first kappa shape index (κ1) is 12.7. The molecule has 0 bridgehead atoms. The summed E-state index contributed by atoms with van der Waals surface area (Å²) in [4.78, 5) is 0. The zero-order valence-electron chi connectivity index (χ0n) is 9.16. The number of aliphatic hydroxyl groups is 1. The molecule has 0 fully saturated rings. The minimum Gasteiger partial charge on any atom is -0.496 e. The summed E-state index contributed by atoms with van der Waals surface area (Å²) in [6.45, 7) is 2.30. The molecule has 0 aliphatic carbocycles. The van der Waals surface area contributed by atoms with Gasteiger partial charge >= 0.3 is 0 Å². The van der Waals surface area contributed by atoms with Gasteiger partial charge in [-0.05, 0) is 31.0 Å². The van der Waals surface area contributed by atoms with E-state index in [4.69, 9.17) is 21.1 Å². The number of rotatable bonds is 3. The second-order valence-corrected chi connectivity index (χ2v) is 3.40. The second kappa shape index (κ2) is 6.26. The number of hydrogen-bond donors (Lipinski definition) is 1. The first-order chi connectivity index (χ1) is 7.69. The quantitative estimate of drug-likeness (QED) is 0.825. The smallest absolute Gasteiger partial charge is 0.147 e. The summed E-state index contributed by atoms with van der Waals surface area (Å²) < 4.78 is 9.93. The van der Waals surface area contributed by atoms with E-state index in [1.807, 2.05) is 6.92 Å². The Morgan fingerprint density at radius 2 is 2.25 bits per heavy atom. The van der Waals surface area contributed by atoms with Gasteiger partial charge in [0.25, 0.3) is 0 Å². The molecule has 4 heteroatoms. The Morgan fingerprint density at radius 1 is 1.50 bits per heavy atom. The van der Waals surface area contributed by atoms with Gasteiger partial charge < -0.3 is 14.6 Å². The van der Waals surface area contributed by atoms with Crippen LogP contribution < -0.4 is 4.74 Å². The van der Waals surface area contributed by atoms with E-state index in [0.717, 1.165) is 0 Å². The van der Waals surface area contributed by atoms with Crippen LogP contribution in [0.4, 0.5) is 0 Å². The Kier molecular flexibility index (Phi) is 4.97. The minimum absolute atomic E-state index is 0.479. The van der Waals surface area contributed by atoms with Gasteiger partial charge in [-0.1, -0.05) is 11.6 Å². The molecule has 1 aromatic carbocycles. The van der Waals surface area contributed by atoms with Crippen molar-refractivity contribution in [3.8, 4) is 17.8 Å². The highest BCUT2D eigenvalue weighted by Crippen LogP contribution is 2.27. The molecular weight excluding hydrogens is 228 g/mol. The van der Waals surface area contributed by atoms with Crippen molar-refractivity contribution in [2.24, 2.45) is 0 Å². The van der Waals surface area contributed by atoms with Crippen LogP contribution in [0.25, 0.3) is 0 Å². The van der Waals surface area contributed by atoms with Gasteiger partial charge in [-0.2, -0.15) is 0 Å². The predicted molar refractivity (Wildman–Crippen MR) is 62.4 cm³/mol. The summed E-state index contributed by atoms with van der Waals surface area (Å²) in [5, 5.41) is 10.3. The predicted octanol–water partition coefficient (Wildman–Crippen LogP) is 2.38. The van der Waals surface area contributed by atoms with Gasteiger partial charge in [0.1, 0.15) is 18.0 Å². The van der Waals surface area contributed by atoms with Crippen LogP contribution in [0.5, 0.6) is 5.75 Å². The van der Waals surface area contributed by atoms with Gasteiger partial charge in [0, 0.05) is 10.6 Å². The monoisotopic (exact) mass is 240 g/mol. The number of methoxy groups -OCH3 is 1. The van der Waals surface area contributed by atoms with Crippen LogP contribution >= 0.6 is 11.6 Å². The van der Waals surface area contributed by atoms with E-state index in [-0.39, 0.29) is 0 Å². The van der Waals surface area contributed by atoms with Crippen LogP contribution in [-0.4, -0.2) is 18.8 Å². The number of hydrogen-bond acceptors (Lipinski definition) is 3. The lowest BCUT2D eigenvalue weighted by molar-refractivity contribution is 0.228. The molecule has 0 saturated carbocycles. The summed E-state index contributed by atoms with van der Waals surface area (Å²) in [5.74, 6) is 3.09. The molecule has 1 rings (SSSR count). The van der Waals surface area contributed by atoms with Crippen molar-refractivity contribution in [1.29, 1.82) is 0 Å². The van der Waals surface area contributed by atoms with Crippen molar-refractivity contribution in [2.75, 3.05) is 13.7 Å². The molecule has 1 N–H and O–H groups in total. The first-order valence-corrected chi connectivity index (χ1v) is 5.20. The molecule has 1 atom stereocenters. The van der Waals surface area contributed by atoms with Crippen LogP contribution in [0.1, 0.15) is 18.6 Å². The largest absolute Gasteiger partial charge is 0.496 e. The van der Waals surface area contributed by atoms with E-state index in [0.29, 0.717) is 22.9 Å². The first-order valence-electron chi connectivity index (χ1n) is 4.82. The maximum atomic E-state index is 9.79. The maximum Gasteiger partial charge on any atom is 0.147 e. The van der Waals surface area contributed by atoms with Crippen LogP contribution in [-0.2, 0) is 4.74 Å². The summed E-state index contributed by atoms with van der Waals surface area (Å²) >= 11 is 5.83. The normalized spacial score (nSPS) is 11.2. The molecule has 86 valence electrons. The van der Waals surface area contributed by atoms with Crippen LogP contribution in [0.2, 0.25) is 5.02 Å². The number of halogens is 1. The van der Waals surface area contributed by atoms with Crippen molar-refractivity contribution in [3.05, 3.63) is 28.8 Å². The number of benzene rings is 1. The van der Waals surface area contributed by atoms with Crippen molar-refractivity contribution in [3.63, 3.8) is 0 Å². The standard InChI is InChI=1S/C12H13ClO3/c1-3-16-7-6-11(14)10-8-9(13)4-5-12(10)15-2/h4-5,8,11,14H,3H2,1-2H3. The molecule has 0 aromatic heterocycles. The molecule has 1 aromatic rings. The summed E-state index contributed by atoms with van der Waals surface area (Å²) in [7, 11) is 1.52. The molecule has 0 spiro atoms. The number of aliphatic hydroxyl groups excluding tert-OH is 1. The SMILES string of the molecule is CCOC#CC(O)c1cc(Cl)ccc1OC. The molecule has 0 radical (unpaired) electrons. The Hall–Kier alpha value is -1.37. The summed E-state index contributed by atoms with van der Waals surface area (Å²) in [5.41, 5.74) is 0.530. The molecule has 16 heavy (non-hydrogen) atoms.